The van der Waals surface area contributed by atoms with Crippen LogP contribution in [0.2, 0.25) is 0 Å². The molecular weight excluding hydrogens is 240 g/mol. The van der Waals surface area contributed by atoms with Gasteiger partial charge in [0.1, 0.15) is 5.69 Å². The normalized spacial score (nSPS) is 10.2. The molecule has 0 unspecified atom stereocenters. The quantitative estimate of drug-likeness (QED) is 0.854. The van der Waals surface area contributed by atoms with E-state index in [1.54, 1.807) is 0 Å². The molecule has 0 aliphatic heterocycles. The van der Waals surface area contributed by atoms with Crippen molar-refractivity contribution in [2.75, 3.05) is 29.0 Å². The lowest BCUT2D eigenvalue weighted by Gasteiger charge is -2.23. The van der Waals surface area contributed by atoms with Gasteiger partial charge in [-0.1, -0.05) is 18.2 Å². The molecule has 2 rings (SSSR count). The average Bonchev–Trinajstić information content (AvgIpc) is 2.44. The molecule has 0 aliphatic carbocycles. The van der Waals surface area contributed by atoms with Gasteiger partial charge in [-0.2, -0.15) is 0 Å². The Bertz CT molecular complexity index is 524. The highest BCUT2D eigenvalue weighted by atomic mass is 15.4. The summed E-state index contributed by atoms with van der Waals surface area (Å²) in [6, 6.07) is 9.80. The highest BCUT2D eigenvalue weighted by Gasteiger charge is 2.15. The lowest BCUT2D eigenvalue weighted by atomic mass is 10.3. The van der Waals surface area contributed by atoms with Crippen LogP contribution in [0.1, 0.15) is 13.8 Å². The summed E-state index contributed by atoms with van der Waals surface area (Å²) in [6.07, 6.45) is 0. The van der Waals surface area contributed by atoms with E-state index >= 15 is 0 Å². The number of hydrogen-bond donors (Lipinski definition) is 2. The first kappa shape index (κ1) is 13.1. The predicted octanol–water partition coefficient (Wildman–Crippen LogP) is 2.04. The van der Waals surface area contributed by atoms with Gasteiger partial charge in [0, 0.05) is 18.8 Å². The first-order chi connectivity index (χ1) is 9.26. The first-order valence-electron chi connectivity index (χ1n) is 6.32. The molecule has 0 radical (unpaired) electrons. The van der Waals surface area contributed by atoms with E-state index in [1.165, 1.54) is 0 Å². The Hall–Kier alpha value is -2.37. The maximum absolute atomic E-state index is 5.93. The Labute approximate surface area is 112 Å². The van der Waals surface area contributed by atoms with Gasteiger partial charge in [0.25, 0.3) is 0 Å². The van der Waals surface area contributed by atoms with E-state index < -0.39 is 0 Å². The summed E-state index contributed by atoms with van der Waals surface area (Å²) in [6.45, 7) is 5.79. The smallest absolute Gasteiger partial charge is 0.182 e. The van der Waals surface area contributed by atoms with Crippen LogP contribution in [0.4, 0.5) is 23.0 Å². The van der Waals surface area contributed by atoms with Crippen molar-refractivity contribution in [2.24, 2.45) is 0 Å². The van der Waals surface area contributed by atoms with Crippen LogP contribution < -0.4 is 16.0 Å². The van der Waals surface area contributed by atoms with E-state index in [0.717, 1.165) is 24.5 Å². The Morgan fingerprint density at radius 1 is 1.11 bits per heavy atom. The standard InChI is InChI=1S/C13H18N6/c1-3-19(4-2)11-12(14)16-18-17-13(11)15-10-8-6-5-7-9-10/h5-9H,3-4H2,1-2H3,(H3,14,15,16,17). The zero-order valence-electron chi connectivity index (χ0n) is 11.2. The van der Waals surface area contributed by atoms with Crippen LogP contribution in [0, 0.1) is 0 Å². The summed E-state index contributed by atoms with van der Waals surface area (Å²) in [4.78, 5) is 2.10. The third-order valence-corrected chi connectivity index (χ3v) is 2.88. The minimum Gasteiger partial charge on any atom is -0.380 e. The molecule has 1 aromatic carbocycles. The summed E-state index contributed by atoms with van der Waals surface area (Å²) < 4.78 is 0. The number of nitrogen functional groups attached to an aromatic ring is 1. The number of rotatable bonds is 5. The van der Waals surface area contributed by atoms with Gasteiger partial charge in [-0.3, -0.25) is 0 Å². The van der Waals surface area contributed by atoms with E-state index in [2.05, 4.69) is 39.5 Å². The Balaban J connectivity index is 2.37. The number of nitrogens with two attached hydrogens (primary N) is 1. The monoisotopic (exact) mass is 258 g/mol. The molecule has 2 aromatic rings. The zero-order chi connectivity index (χ0) is 13.7. The summed E-state index contributed by atoms with van der Waals surface area (Å²) in [5, 5.41) is 14.8. The molecule has 1 aromatic heterocycles. The second kappa shape index (κ2) is 5.99. The second-order valence-electron chi connectivity index (χ2n) is 4.04. The van der Waals surface area contributed by atoms with Crippen LogP contribution in [0.15, 0.2) is 30.3 Å². The molecule has 0 spiro atoms. The summed E-state index contributed by atoms with van der Waals surface area (Å²) in [5.41, 5.74) is 7.67. The van der Waals surface area contributed by atoms with Crippen molar-refractivity contribution in [3.05, 3.63) is 30.3 Å². The first-order valence-corrected chi connectivity index (χ1v) is 6.32. The van der Waals surface area contributed by atoms with Gasteiger partial charge in [-0.05, 0) is 31.2 Å². The molecule has 0 fully saturated rings. The molecule has 0 amide bonds. The molecule has 19 heavy (non-hydrogen) atoms. The fourth-order valence-corrected chi connectivity index (χ4v) is 1.93. The van der Waals surface area contributed by atoms with Crippen LogP contribution in [0.5, 0.6) is 0 Å². The Morgan fingerprint density at radius 3 is 2.42 bits per heavy atom. The van der Waals surface area contributed by atoms with Crippen LogP contribution in [0.25, 0.3) is 0 Å². The number of anilines is 4. The van der Waals surface area contributed by atoms with E-state index in [0.29, 0.717) is 11.6 Å². The van der Waals surface area contributed by atoms with E-state index in [-0.39, 0.29) is 0 Å². The maximum Gasteiger partial charge on any atom is 0.182 e. The number of aromatic nitrogens is 3. The average molecular weight is 258 g/mol. The molecule has 6 nitrogen and oxygen atoms in total. The van der Waals surface area contributed by atoms with Crippen molar-refractivity contribution < 1.29 is 0 Å². The molecule has 0 saturated carbocycles. The Kier molecular flexibility index (Phi) is 4.12. The molecule has 0 atom stereocenters. The fraction of sp³-hybridized carbons (Fsp3) is 0.308. The van der Waals surface area contributed by atoms with Crippen LogP contribution in [-0.4, -0.2) is 28.5 Å². The summed E-state index contributed by atoms with van der Waals surface area (Å²) in [7, 11) is 0. The largest absolute Gasteiger partial charge is 0.380 e. The summed E-state index contributed by atoms with van der Waals surface area (Å²) in [5.74, 6) is 1.01. The lowest BCUT2D eigenvalue weighted by molar-refractivity contribution is 0.825. The Morgan fingerprint density at radius 2 is 1.79 bits per heavy atom. The molecule has 0 saturated heterocycles. The third kappa shape index (κ3) is 2.90. The van der Waals surface area contributed by atoms with Crippen LogP contribution in [-0.2, 0) is 0 Å². The van der Waals surface area contributed by atoms with E-state index in [1.807, 2.05) is 30.3 Å². The van der Waals surface area contributed by atoms with Crippen molar-refractivity contribution in [2.45, 2.75) is 13.8 Å². The number of nitrogens with one attached hydrogen (secondary N) is 1. The fourth-order valence-electron chi connectivity index (χ4n) is 1.93. The highest BCUT2D eigenvalue weighted by molar-refractivity contribution is 5.79. The SMILES string of the molecule is CCN(CC)c1c(N)nnnc1Nc1ccccc1. The van der Waals surface area contributed by atoms with Gasteiger partial charge in [0.05, 0.1) is 0 Å². The van der Waals surface area contributed by atoms with E-state index in [4.69, 9.17) is 5.73 Å². The topological polar surface area (TPSA) is 80.0 Å². The van der Waals surface area contributed by atoms with Gasteiger partial charge in [-0.15, -0.1) is 10.2 Å². The van der Waals surface area contributed by atoms with E-state index in [9.17, 15) is 0 Å². The van der Waals surface area contributed by atoms with Crippen LogP contribution >= 0.6 is 0 Å². The highest BCUT2D eigenvalue weighted by Crippen LogP contribution is 2.29. The van der Waals surface area contributed by atoms with Crippen molar-refractivity contribution >= 4 is 23.0 Å². The molecule has 3 N–H and O–H groups in total. The number of para-hydroxylation sites is 1. The second-order valence-corrected chi connectivity index (χ2v) is 4.04. The molecule has 0 bridgehead atoms. The van der Waals surface area contributed by atoms with Gasteiger partial charge in [0.15, 0.2) is 11.6 Å². The minimum atomic E-state index is 0.386. The van der Waals surface area contributed by atoms with Crippen molar-refractivity contribution in [1.29, 1.82) is 0 Å². The zero-order valence-corrected chi connectivity index (χ0v) is 11.2. The molecular formula is C13H18N6. The van der Waals surface area contributed by atoms with Gasteiger partial charge < -0.3 is 16.0 Å². The maximum atomic E-state index is 5.93. The molecule has 100 valence electrons. The lowest BCUT2D eigenvalue weighted by Crippen LogP contribution is -2.25. The number of benzene rings is 1. The molecule has 0 aliphatic rings. The van der Waals surface area contributed by atoms with Gasteiger partial charge >= 0.3 is 0 Å². The third-order valence-electron chi connectivity index (χ3n) is 2.88. The summed E-state index contributed by atoms with van der Waals surface area (Å²) >= 11 is 0. The number of hydrogen-bond acceptors (Lipinski definition) is 6. The van der Waals surface area contributed by atoms with Crippen molar-refractivity contribution in [3.8, 4) is 0 Å². The predicted molar refractivity (Wildman–Crippen MR) is 77.5 cm³/mol. The molecule has 6 heteroatoms. The van der Waals surface area contributed by atoms with Gasteiger partial charge in [0.2, 0.25) is 0 Å². The van der Waals surface area contributed by atoms with Gasteiger partial charge in [-0.25, -0.2) is 0 Å². The minimum absolute atomic E-state index is 0.386. The van der Waals surface area contributed by atoms with Crippen LogP contribution in [0.3, 0.4) is 0 Å². The van der Waals surface area contributed by atoms with Crippen molar-refractivity contribution in [3.63, 3.8) is 0 Å². The molecule has 1 heterocycles. The number of nitrogens with zero attached hydrogens (tertiary/aromatic N) is 4. The van der Waals surface area contributed by atoms with Crippen molar-refractivity contribution in [1.82, 2.24) is 15.4 Å².